The number of benzene rings is 3. The summed E-state index contributed by atoms with van der Waals surface area (Å²) in [7, 11) is 1.55. The fraction of sp³-hybridized carbons (Fsp3) is 0.148. The molecular weight excluding hydrogens is 448 g/mol. The lowest BCUT2D eigenvalue weighted by Crippen LogP contribution is -2.21. The Morgan fingerprint density at radius 2 is 1.51 bits per heavy atom. The first-order valence-corrected chi connectivity index (χ1v) is 10.9. The number of hydrogen-bond acceptors (Lipinski definition) is 6. The minimum atomic E-state index is -0.612. The summed E-state index contributed by atoms with van der Waals surface area (Å²) in [5.41, 5.74) is 2.44. The average Bonchev–Trinajstić information content (AvgIpc) is 2.81. The Labute approximate surface area is 201 Å². The number of para-hydroxylation sites is 1. The molecule has 178 valence electrons. The Morgan fingerprint density at radius 1 is 0.886 bits per heavy atom. The number of fused-ring (bicyclic) bond motifs is 1. The molecule has 0 aliphatic rings. The van der Waals surface area contributed by atoms with Crippen LogP contribution >= 0.6 is 0 Å². The van der Waals surface area contributed by atoms with E-state index in [4.69, 9.17) is 13.9 Å². The number of urea groups is 1. The van der Waals surface area contributed by atoms with Gasteiger partial charge in [0.2, 0.25) is 5.88 Å². The number of esters is 1. The number of nitrogens with one attached hydrogen (secondary N) is 2. The van der Waals surface area contributed by atoms with Gasteiger partial charge in [-0.05, 0) is 49.2 Å². The third-order valence-corrected chi connectivity index (χ3v) is 5.41. The van der Waals surface area contributed by atoms with Crippen LogP contribution in [0.5, 0.6) is 11.5 Å². The summed E-state index contributed by atoms with van der Waals surface area (Å²) in [5.74, 6) is 0.565. The first-order valence-electron chi connectivity index (χ1n) is 10.9. The van der Waals surface area contributed by atoms with Crippen molar-refractivity contribution in [2.75, 3.05) is 17.7 Å². The molecule has 4 aromatic rings. The van der Waals surface area contributed by atoms with Gasteiger partial charge in [0.25, 0.3) is 0 Å². The second-order valence-corrected chi connectivity index (χ2v) is 7.95. The SMILES string of the molecule is COc1ccccc1-c1c(NC(=O)Nc2cc(C)c(OC(C)=O)c(C)c2)oc(=O)c2ccccc12. The van der Waals surface area contributed by atoms with Crippen LogP contribution in [0.1, 0.15) is 18.1 Å². The highest BCUT2D eigenvalue weighted by Gasteiger charge is 2.20. The zero-order valence-electron chi connectivity index (χ0n) is 19.7. The molecule has 8 nitrogen and oxygen atoms in total. The molecule has 2 N–H and O–H groups in total. The summed E-state index contributed by atoms with van der Waals surface area (Å²) in [6.45, 7) is 4.88. The molecule has 0 aliphatic carbocycles. The van der Waals surface area contributed by atoms with Crippen LogP contribution in [-0.4, -0.2) is 19.1 Å². The van der Waals surface area contributed by atoms with Crippen LogP contribution in [0.3, 0.4) is 0 Å². The van der Waals surface area contributed by atoms with Gasteiger partial charge in [0.1, 0.15) is 11.5 Å². The minimum absolute atomic E-state index is 0.0133. The molecule has 0 fully saturated rings. The van der Waals surface area contributed by atoms with Gasteiger partial charge in [-0.1, -0.05) is 36.4 Å². The molecule has 35 heavy (non-hydrogen) atoms. The van der Waals surface area contributed by atoms with Gasteiger partial charge in [-0.3, -0.25) is 10.1 Å². The van der Waals surface area contributed by atoms with E-state index in [-0.39, 0.29) is 5.88 Å². The molecule has 8 heteroatoms. The number of anilines is 2. The normalized spacial score (nSPS) is 10.6. The maximum absolute atomic E-state index is 13.0. The molecule has 0 bridgehead atoms. The highest BCUT2D eigenvalue weighted by Crippen LogP contribution is 2.39. The number of aryl methyl sites for hydroxylation is 2. The number of hydrogen-bond donors (Lipinski definition) is 2. The van der Waals surface area contributed by atoms with Gasteiger partial charge in [0.15, 0.2) is 0 Å². The molecule has 1 aromatic heterocycles. The molecule has 0 aliphatic heterocycles. The standard InChI is InChI=1S/C27H24N2O6/c1-15-13-18(14-16(2)24(15)34-17(3)30)28-27(32)29-25-23(21-11-7-8-12-22(21)33-4)19-9-5-6-10-20(19)26(31)35-25/h5-14H,1-4H3,(H2,28,29,32). The lowest BCUT2D eigenvalue weighted by atomic mass is 9.99. The van der Waals surface area contributed by atoms with E-state index in [1.165, 1.54) is 6.92 Å². The molecular formula is C27H24N2O6. The second kappa shape index (κ2) is 9.72. The van der Waals surface area contributed by atoms with Crippen molar-refractivity contribution < 1.29 is 23.5 Å². The topological polar surface area (TPSA) is 107 Å². The van der Waals surface area contributed by atoms with E-state index in [0.717, 1.165) is 0 Å². The maximum atomic E-state index is 13.0. The van der Waals surface area contributed by atoms with Crippen molar-refractivity contribution in [2.24, 2.45) is 0 Å². The molecule has 2 amide bonds. The molecule has 0 spiro atoms. The quantitative estimate of drug-likeness (QED) is 0.287. The Morgan fingerprint density at radius 3 is 2.17 bits per heavy atom. The zero-order valence-corrected chi connectivity index (χ0v) is 19.7. The number of amides is 2. The highest BCUT2D eigenvalue weighted by molar-refractivity contribution is 6.07. The molecule has 0 atom stereocenters. The molecule has 1 heterocycles. The van der Waals surface area contributed by atoms with E-state index in [2.05, 4.69) is 10.6 Å². The van der Waals surface area contributed by atoms with Crippen LogP contribution in [-0.2, 0) is 4.79 Å². The van der Waals surface area contributed by atoms with Gasteiger partial charge < -0.3 is 19.2 Å². The van der Waals surface area contributed by atoms with E-state index in [9.17, 15) is 14.4 Å². The molecule has 4 rings (SSSR count). The third kappa shape index (κ3) is 4.86. The highest BCUT2D eigenvalue weighted by atomic mass is 16.5. The van der Waals surface area contributed by atoms with Crippen LogP contribution in [0.2, 0.25) is 0 Å². The molecule has 0 saturated carbocycles. The zero-order chi connectivity index (χ0) is 25.1. The molecule has 0 saturated heterocycles. The van der Waals surface area contributed by atoms with Crippen LogP contribution < -0.4 is 25.7 Å². The Kier molecular flexibility index (Phi) is 6.55. The van der Waals surface area contributed by atoms with E-state index in [1.807, 2.05) is 18.2 Å². The summed E-state index contributed by atoms with van der Waals surface area (Å²) in [5, 5.41) is 6.41. The number of ether oxygens (including phenoxy) is 2. The van der Waals surface area contributed by atoms with E-state index >= 15 is 0 Å². The third-order valence-electron chi connectivity index (χ3n) is 5.41. The van der Waals surface area contributed by atoms with Crippen molar-refractivity contribution in [3.05, 3.63) is 82.2 Å². The first-order chi connectivity index (χ1) is 16.8. The summed E-state index contributed by atoms with van der Waals surface area (Å²) < 4.78 is 16.3. The van der Waals surface area contributed by atoms with Gasteiger partial charge in [-0.15, -0.1) is 0 Å². The van der Waals surface area contributed by atoms with Crippen LogP contribution in [0.25, 0.3) is 21.9 Å². The molecule has 3 aromatic carbocycles. The Balaban J connectivity index is 1.74. The van der Waals surface area contributed by atoms with Crippen molar-refractivity contribution in [2.45, 2.75) is 20.8 Å². The van der Waals surface area contributed by atoms with Gasteiger partial charge in [-0.2, -0.15) is 0 Å². The minimum Gasteiger partial charge on any atom is -0.496 e. The molecule has 0 unspecified atom stereocenters. The van der Waals surface area contributed by atoms with Crippen molar-refractivity contribution in [1.82, 2.24) is 0 Å². The number of methoxy groups -OCH3 is 1. The number of carbonyl (C=O) groups is 2. The predicted octanol–water partition coefficient (Wildman–Crippen LogP) is 5.65. The lowest BCUT2D eigenvalue weighted by Gasteiger charge is -2.16. The van der Waals surface area contributed by atoms with Gasteiger partial charge in [-0.25, -0.2) is 9.59 Å². The fourth-order valence-corrected chi connectivity index (χ4v) is 4.00. The van der Waals surface area contributed by atoms with Crippen LogP contribution in [0.15, 0.2) is 69.9 Å². The summed E-state index contributed by atoms with van der Waals surface area (Å²) in [4.78, 5) is 37.0. The van der Waals surface area contributed by atoms with Crippen molar-refractivity contribution in [1.29, 1.82) is 0 Å². The lowest BCUT2D eigenvalue weighted by molar-refractivity contribution is -0.131. The first kappa shape index (κ1) is 23.6. The van der Waals surface area contributed by atoms with Gasteiger partial charge in [0.05, 0.1) is 18.1 Å². The maximum Gasteiger partial charge on any atom is 0.345 e. The smallest absolute Gasteiger partial charge is 0.345 e. The van der Waals surface area contributed by atoms with Crippen molar-refractivity contribution in [3.8, 4) is 22.6 Å². The van der Waals surface area contributed by atoms with E-state index in [0.29, 0.717) is 50.2 Å². The monoisotopic (exact) mass is 472 g/mol. The second-order valence-electron chi connectivity index (χ2n) is 7.95. The summed E-state index contributed by atoms with van der Waals surface area (Å²) in [6.07, 6.45) is 0. The van der Waals surface area contributed by atoms with Gasteiger partial charge >= 0.3 is 17.6 Å². The Hall–Kier alpha value is -4.59. The number of carbonyl (C=O) groups excluding carboxylic acids is 2. The Bertz CT molecular complexity index is 1480. The fourth-order valence-electron chi connectivity index (χ4n) is 4.00. The van der Waals surface area contributed by atoms with Crippen LogP contribution in [0, 0.1) is 13.8 Å². The largest absolute Gasteiger partial charge is 0.496 e. The summed E-state index contributed by atoms with van der Waals surface area (Å²) >= 11 is 0. The van der Waals surface area contributed by atoms with E-state index in [1.54, 1.807) is 63.4 Å². The average molecular weight is 472 g/mol. The predicted molar refractivity (Wildman–Crippen MR) is 134 cm³/mol. The van der Waals surface area contributed by atoms with Gasteiger partial charge in [0, 0.05) is 23.6 Å². The van der Waals surface area contributed by atoms with Crippen LogP contribution in [0.4, 0.5) is 16.4 Å². The van der Waals surface area contributed by atoms with Crippen molar-refractivity contribution >= 4 is 34.3 Å². The van der Waals surface area contributed by atoms with Crippen molar-refractivity contribution in [3.63, 3.8) is 0 Å². The van der Waals surface area contributed by atoms with E-state index < -0.39 is 17.6 Å². The molecule has 0 radical (unpaired) electrons. The summed E-state index contributed by atoms with van der Waals surface area (Å²) in [6, 6.07) is 17.0. The number of rotatable bonds is 5.